The first-order valence-corrected chi connectivity index (χ1v) is 8.00. The van der Waals surface area contributed by atoms with Crippen molar-refractivity contribution in [2.24, 2.45) is 11.8 Å². The van der Waals surface area contributed by atoms with Crippen LogP contribution in [0.25, 0.3) is 0 Å². The smallest absolute Gasteiger partial charge is 0.119 e. The van der Waals surface area contributed by atoms with Gasteiger partial charge in [0.1, 0.15) is 5.75 Å². The van der Waals surface area contributed by atoms with E-state index in [0.717, 1.165) is 29.3 Å². The maximum atomic E-state index is 5.28. The zero-order valence-corrected chi connectivity index (χ0v) is 13.4. The van der Waals surface area contributed by atoms with Crippen molar-refractivity contribution in [2.75, 3.05) is 12.4 Å². The van der Waals surface area contributed by atoms with E-state index in [2.05, 4.69) is 48.0 Å². The molecule has 0 aromatic heterocycles. The first-order chi connectivity index (χ1) is 8.69. The van der Waals surface area contributed by atoms with Crippen LogP contribution in [0, 0.1) is 11.8 Å². The number of halogens is 1. The minimum absolute atomic E-state index is 0.721. The molecule has 0 saturated heterocycles. The summed E-state index contributed by atoms with van der Waals surface area (Å²) in [6.45, 7) is 4.63. The van der Waals surface area contributed by atoms with Gasteiger partial charge in [-0.2, -0.15) is 0 Å². The van der Waals surface area contributed by atoms with E-state index in [1.54, 1.807) is 7.11 Å². The number of alkyl halides is 1. The quantitative estimate of drug-likeness (QED) is 0.608. The van der Waals surface area contributed by atoms with Gasteiger partial charge in [-0.05, 0) is 42.4 Å². The van der Waals surface area contributed by atoms with Crippen molar-refractivity contribution < 1.29 is 4.74 Å². The average molecular weight is 313 g/mol. The van der Waals surface area contributed by atoms with Gasteiger partial charge >= 0.3 is 0 Å². The third-order valence-electron chi connectivity index (χ3n) is 3.39. The highest BCUT2D eigenvalue weighted by Gasteiger charge is 2.13. The Bertz CT molecular complexity index is 338. The summed E-state index contributed by atoms with van der Waals surface area (Å²) in [5.74, 6) is 2.50. The molecule has 0 N–H and O–H groups in total. The fraction of sp³-hybridized carbons (Fsp3) is 0.625. The molecule has 0 saturated carbocycles. The van der Waals surface area contributed by atoms with Gasteiger partial charge in [-0.25, -0.2) is 0 Å². The normalized spacial score (nSPS) is 14.2. The molecule has 18 heavy (non-hydrogen) atoms. The second kappa shape index (κ2) is 8.58. The zero-order valence-electron chi connectivity index (χ0n) is 11.8. The molecule has 1 aromatic rings. The van der Waals surface area contributed by atoms with Crippen LogP contribution in [0.3, 0.4) is 0 Å². The van der Waals surface area contributed by atoms with Crippen LogP contribution in [-0.2, 0) is 6.42 Å². The maximum Gasteiger partial charge on any atom is 0.119 e. The minimum Gasteiger partial charge on any atom is -0.497 e. The summed E-state index contributed by atoms with van der Waals surface area (Å²) in [4.78, 5) is 0. The van der Waals surface area contributed by atoms with Crippen molar-refractivity contribution >= 4 is 15.9 Å². The molecule has 0 radical (unpaired) electrons. The van der Waals surface area contributed by atoms with Gasteiger partial charge in [0.15, 0.2) is 0 Å². The van der Waals surface area contributed by atoms with Crippen molar-refractivity contribution in [3.63, 3.8) is 0 Å². The van der Waals surface area contributed by atoms with Crippen molar-refractivity contribution in [3.8, 4) is 5.75 Å². The molecule has 2 unspecified atom stereocenters. The molecule has 0 fully saturated rings. The Morgan fingerprint density at radius 1 is 1.33 bits per heavy atom. The highest BCUT2D eigenvalue weighted by Crippen LogP contribution is 2.23. The summed E-state index contributed by atoms with van der Waals surface area (Å²) < 4.78 is 5.28. The summed E-state index contributed by atoms with van der Waals surface area (Å²) in [5.41, 5.74) is 1.38. The summed E-state index contributed by atoms with van der Waals surface area (Å²) in [6.07, 6.45) is 5.06. The Hall–Kier alpha value is -0.500. The van der Waals surface area contributed by atoms with Gasteiger partial charge in [0.05, 0.1) is 7.11 Å². The SMILES string of the molecule is CCCC(C)CC(CBr)Cc1cccc(OC)c1. The fourth-order valence-electron chi connectivity index (χ4n) is 2.51. The predicted molar refractivity (Wildman–Crippen MR) is 82.7 cm³/mol. The van der Waals surface area contributed by atoms with E-state index in [0.29, 0.717) is 0 Å². The van der Waals surface area contributed by atoms with Crippen LogP contribution in [0.1, 0.15) is 38.7 Å². The third-order valence-corrected chi connectivity index (χ3v) is 4.31. The number of ether oxygens (including phenoxy) is 1. The lowest BCUT2D eigenvalue weighted by Gasteiger charge is -2.19. The summed E-state index contributed by atoms with van der Waals surface area (Å²) >= 11 is 3.66. The Morgan fingerprint density at radius 2 is 2.11 bits per heavy atom. The summed E-state index contributed by atoms with van der Waals surface area (Å²) in [7, 11) is 1.73. The summed E-state index contributed by atoms with van der Waals surface area (Å²) in [6, 6.07) is 8.43. The van der Waals surface area contributed by atoms with Crippen LogP contribution in [0.15, 0.2) is 24.3 Å². The molecule has 1 rings (SSSR count). The lowest BCUT2D eigenvalue weighted by molar-refractivity contribution is 0.394. The Balaban J connectivity index is 2.56. The van der Waals surface area contributed by atoms with Gasteiger partial charge in [0, 0.05) is 5.33 Å². The van der Waals surface area contributed by atoms with Gasteiger partial charge in [0.2, 0.25) is 0 Å². The number of hydrogen-bond acceptors (Lipinski definition) is 1. The highest BCUT2D eigenvalue weighted by atomic mass is 79.9. The molecule has 0 aliphatic heterocycles. The average Bonchev–Trinajstić information content (AvgIpc) is 2.38. The van der Waals surface area contributed by atoms with Gasteiger partial charge in [-0.3, -0.25) is 0 Å². The molecule has 0 heterocycles. The number of benzene rings is 1. The Labute approximate surface area is 120 Å². The van der Waals surface area contributed by atoms with Crippen LogP contribution in [-0.4, -0.2) is 12.4 Å². The van der Waals surface area contributed by atoms with E-state index >= 15 is 0 Å². The molecule has 2 atom stereocenters. The second-order valence-corrected chi connectivity index (χ2v) is 5.85. The molecular formula is C16H25BrO. The first-order valence-electron chi connectivity index (χ1n) is 6.88. The van der Waals surface area contributed by atoms with E-state index < -0.39 is 0 Å². The molecule has 0 spiro atoms. The molecular weight excluding hydrogens is 288 g/mol. The van der Waals surface area contributed by atoms with Crippen LogP contribution in [0.2, 0.25) is 0 Å². The minimum atomic E-state index is 0.721. The molecule has 0 amide bonds. The number of hydrogen-bond donors (Lipinski definition) is 0. The van der Waals surface area contributed by atoms with E-state index in [9.17, 15) is 0 Å². The first kappa shape index (κ1) is 15.6. The van der Waals surface area contributed by atoms with Gasteiger partial charge < -0.3 is 4.74 Å². The Kier molecular flexibility index (Phi) is 7.41. The van der Waals surface area contributed by atoms with Crippen molar-refractivity contribution in [3.05, 3.63) is 29.8 Å². The standard InChI is InChI=1S/C16H25BrO/c1-4-6-13(2)9-15(12-17)10-14-7-5-8-16(11-14)18-3/h5,7-8,11,13,15H,4,6,9-10,12H2,1-3H3. The van der Waals surface area contributed by atoms with Crippen molar-refractivity contribution in [2.45, 2.75) is 39.5 Å². The Morgan fingerprint density at radius 3 is 2.72 bits per heavy atom. The molecule has 1 aromatic carbocycles. The molecule has 0 aliphatic carbocycles. The molecule has 102 valence electrons. The predicted octanol–water partition coefficient (Wildman–Crippen LogP) is 5.08. The van der Waals surface area contributed by atoms with E-state index in [4.69, 9.17) is 4.74 Å². The fourth-order valence-corrected chi connectivity index (χ4v) is 3.01. The van der Waals surface area contributed by atoms with Gasteiger partial charge in [-0.1, -0.05) is 54.8 Å². The lowest BCUT2D eigenvalue weighted by Crippen LogP contribution is -2.11. The van der Waals surface area contributed by atoms with Crippen LogP contribution < -0.4 is 4.74 Å². The molecule has 0 aliphatic rings. The summed E-state index contributed by atoms with van der Waals surface area (Å²) in [5, 5.41) is 1.08. The van der Waals surface area contributed by atoms with Gasteiger partial charge in [-0.15, -0.1) is 0 Å². The van der Waals surface area contributed by atoms with Gasteiger partial charge in [0.25, 0.3) is 0 Å². The maximum absolute atomic E-state index is 5.28. The lowest BCUT2D eigenvalue weighted by atomic mass is 9.89. The van der Waals surface area contributed by atoms with E-state index in [1.807, 2.05) is 6.07 Å². The van der Waals surface area contributed by atoms with Crippen LogP contribution in [0.5, 0.6) is 5.75 Å². The number of rotatable bonds is 8. The van der Waals surface area contributed by atoms with Crippen molar-refractivity contribution in [1.82, 2.24) is 0 Å². The van der Waals surface area contributed by atoms with E-state index in [-0.39, 0.29) is 0 Å². The third kappa shape index (κ3) is 5.43. The number of methoxy groups -OCH3 is 1. The topological polar surface area (TPSA) is 9.23 Å². The monoisotopic (exact) mass is 312 g/mol. The molecule has 1 nitrogen and oxygen atoms in total. The highest BCUT2D eigenvalue weighted by molar-refractivity contribution is 9.09. The van der Waals surface area contributed by atoms with Crippen LogP contribution in [0.4, 0.5) is 0 Å². The van der Waals surface area contributed by atoms with Crippen molar-refractivity contribution in [1.29, 1.82) is 0 Å². The molecule has 0 bridgehead atoms. The second-order valence-electron chi connectivity index (χ2n) is 5.21. The molecule has 2 heteroatoms. The van der Waals surface area contributed by atoms with E-state index in [1.165, 1.54) is 24.8 Å². The largest absolute Gasteiger partial charge is 0.497 e. The van der Waals surface area contributed by atoms with Crippen LogP contribution >= 0.6 is 15.9 Å². The zero-order chi connectivity index (χ0) is 13.4.